The van der Waals surface area contributed by atoms with Gasteiger partial charge in [0, 0.05) is 39.9 Å². The molecule has 0 N–H and O–H groups in total. The smallest absolute Gasteiger partial charge is 0.231 e. The highest BCUT2D eigenvalue weighted by molar-refractivity contribution is 6.91. The lowest BCUT2D eigenvalue weighted by atomic mass is 9.28. The molecular formula is C65H79BN2O. The molecule has 6 aliphatic carbocycles. The molecule has 6 unspecified atom stereocenters. The summed E-state index contributed by atoms with van der Waals surface area (Å²) in [6.45, 7) is 36.8. The van der Waals surface area contributed by atoms with Gasteiger partial charge in [0.2, 0.25) is 6.71 Å². The van der Waals surface area contributed by atoms with Gasteiger partial charge in [-0.05, 0) is 175 Å². The summed E-state index contributed by atoms with van der Waals surface area (Å²) in [7, 11) is 0. The Bertz CT molecular complexity index is 3050. The third-order valence-corrected chi connectivity index (χ3v) is 19.4. The number of hydrogen-bond acceptors (Lipinski definition) is 3. The Hall–Kier alpha value is -4.70. The van der Waals surface area contributed by atoms with Gasteiger partial charge in [-0.1, -0.05) is 165 Å². The maximum Gasteiger partial charge on any atom is 0.231 e. The number of rotatable bonds is 3. The maximum absolute atomic E-state index is 7.63. The molecule has 0 spiro atoms. The highest BCUT2D eigenvalue weighted by Crippen LogP contribution is 2.62. The number of allylic oxidation sites excluding steroid dienone is 9. The Morgan fingerprint density at radius 2 is 1.36 bits per heavy atom. The van der Waals surface area contributed by atoms with Crippen LogP contribution in [-0.4, -0.2) is 12.8 Å². The van der Waals surface area contributed by atoms with Crippen molar-refractivity contribution in [1.82, 2.24) is 0 Å². The second-order valence-corrected chi connectivity index (χ2v) is 28.2. The van der Waals surface area contributed by atoms with E-state index in [2.05, 4.69) is 211 Å². The standard InChI is InChI=1S/C65H79BN2O/c1-59(2,3)40-21-24-43(25-22-40)67-53-32-42(61(7,8)9)33-54-57(53)66(56-45-34-48-49(37-55(45)69-58(56)67)65(15)30-29-64(48,14)38-65)50-35-46-47(63(12,13)28-27-62(46,10)11)36-52(50)68(54)51-26-23-41(60(4,5)6)31-44(51)39-19-17-16-18-20-39/h16-19,21-22,24-26,31-37,39,41,54,57H,20,23,27-30,38H2,1-15H3. The third-order valence-electron chi connectivity index (χ3n) is 19.4. The van der Waals surface area contributed by atoms with E-state index in [1.165, 1.54) is 105 Å². The number of hydrogen-bond donors (Lipinski definition) is 0. The molecule has 0 amide bonds. The van der Waals surface area contributed by atoms with Crippen molar-refractivity contribution in [3.05, 3.63) is 147 Å². The van der Waals surface area contributed by atoms with Gasteiger partial charge in [-0.3, -0.25) is 4.90 Å². The van der Waals surface area contributed by atoms with Crippen LogP contribution in [0.3, 0.4) is 0 Å². The molecule has 1 saturated carbocycles. The van der Waals surface area contributed by atoms with Crippen molar-refractivity contribution in [3.63, 3.8) is 0 Å². The zero-order chi connectivity index (χ0) is 48.7. The van der Waals surface area contributed by atoms with Crippen molar-refractivity contribution in [2.75, 3.05) is 9.80 Å². The van der Waals surface area contributed by atoms with E-state index < -0.39 is 0 Å². The fraction of sp³-hybridized carbons (Fsp3) is 0.508. The lowest BCUT2D eigenvalue weighted by molar-refractivity contribution is 0.290. The molecule has 2 aliphatic heterocycles. The van der Waals surface area contributed by atoms with Gasteiger partial charge in [-0.25, -0.2) is 0 Å². The number of furan rings is 1. The minimum atomic E-state index is -0.0873. The van der Waals surface area contributed by atoms with Crippen LogP contribution < -0.4 is 20.7 Å². The molecule has 1 aromatic heterocycles. The first-order valence-corrected chi connectivity index (χ1v) is 27.0. The van der Waals surface area contributed by atoms with Crippen LogP contribution in [0.15, 0.2) is 124 Å². The molecule has 0 radical (unpaired) electrons. The summed E-state index contributed by atoms with van der Waals surface area (Å²) in [5.74, 6) is 1.92. The number of benzene rings is 3. The topological polar surface area (TPSA) is 19.6 Å². The van der Waals surface area contributed by atoms with Crippen molar-refractivity contribution < 1.29 is 4.42 Å². The van der Waals surface area contributed by atoms with E-state index in [-0.39, 0.29) is 56.5 Å². The monoisotopic (exact) mass is 915 g/mol. The molecule has 1 fully saturated rings. The van der Waals surface area contributed by atoms with Crippen molar-refractivity contribution in [2.45, 2.75) is 188 Å². The predicted octanol–water partition coefficient (Wildman–Crippen LogP) is 16.0. The minimum absolute atomic E-state index is 0.0445. The molecule has 0 saturated heterocycles. The first kappa shape index (κ1) is 45.4. The quantitative estimate of drug-likeness (QED) is 0.191. The van der Waals surface area contributed by atoms with E-state index in [1.807, 2.05) is 0 Å². The van der Waals surface area contributed by atoms with Gasteiger partial charge in [0.25, 0.3) is 0 Å². The van der Waals surface area contributed by atoms with Crippen LogP contribution in [-0.2, 0) is 27.1 Å². The van der Waals surface area contributed by atoms with Crippen LogP contribution in [0.4, 0.5) is 17.3 Å². The molecule has 2 bridgehead atoms. The first-order valence-electron chi connectivity index (χ1n) is 27.0. The molecule has 8 aliphatic rings. The summed E-state index contributed by atoms with van der Waals surface area (Å²) in [5.41, 5.74) is 20.3. The van der Waals surface area contributed by atoms with E-state index in [0.29, 0.717) is 11.8 Å². The van der Waals surface area contributed by atoms with Gasteiger partial charge in [0.05, 0.1) is 6.04 Å². The van der Waals surface area contributed by atoms with Gasteiger partial charge in [0.1, 0.15) is 5.58 Å². The average molecular weight is 915 g/mol. The summed E-state index contributed by atoms with van der Waals surface area (Å²) in [4.78, 5) is 5.51. The van der Waals surface area contributed by atoms with Crippen LogP contribution in [0.25, 0.3) is 11.0 Å². The van der Waals surface area contributed by atoms with Crippen LogP contribution in [0.5, 0.6) is 0 Å². The summed E-state index contributed by atoms with van der Waals surface area (Å²) < 4.78 is 7.63. The highest BCUT2D eigenvalue weighted by Gasteiger charge is 2.58. The first-order chi connectivity index (χ1) is 32.3. The Kier molecular flexibility index (Phi) is 9.53. The van der Waals surface area contributed by atoms with Crippen LogP contribution in [0.2, 0.25) is 5.82 Å². The fourth-order valence-corrected chi connectivity index (χ4v) is 15.0. The zero-order valence-electron chi connectivity index (χ0n) is 44.9. The molecule has 6 atom stereocenters. The number of nitrogens with zero attached hydrogens (tertiary/aromatic N) is 2. The van der Waals surface area contributed by atoms with Gasteiger partial charge in [-0.2, -0.15) is 0 Å². The van der Waals surface area contributed by atoms with E-state index in [4.69, 9.17) is 4.42 Å². The summed E-state index contributed by atoms with van der Waals surface area (Å²) in [6, 6.07) is 20.2. The van der Waals surface area contributed by atoms with Crippen LogP contribution in [0, 0.1) is 22.7 Å². The third kappa shape index (κ3) is 6.71. The second kappa shape index (κ2) is 14.5. The highest BCUT2D eigenvalue weighted by atomic mass is 16.4. The SMILES string of the molecule is CC(C)(C)C1=CC2C3B(c4cc5c(cc4N2C2=CCC(C(C)(C)C)C=C2C2C=CC=CC2)C(C)(C)CCC5(C)C)c2c(oc4cc5c(cc24)C2(C)CCC5(C)C2)N(c2ccc(C(C)(C)C)cc2)C3=C1. The average Bonchev–Trinajstić information content (AvgIpc) is 3.89. The lowest BCUT2D eigenvalue weighted by Crippen LogP contribution is -2.64. The Labute approximate surface area is 416 Å². The van der Waals surface area contributed by atoms with E-state index >= 15 is 0 Å². The minimum Gasteiger partial charge on any atom is -0.440 e. The van der Waals surface area contributed by atoms with Crippen LogP contribution in [0.1, 0.15) is 177 Å². The normalized spacial score (nSPS) is 29.5. The molecule has 69 heavy (non-hydrogen) atoms. The van der Waals surface area contributed by atoms with Crippen molar-refractivity contribution >= 4 is 45.9 Å². The van der Waals surface area contributed by atoms with Gasteiger partial charge in [-0.15, -0.1) is 0 Å². The molecule has 358 valence electrons. The van der Waals surface area contributed by atoms with Gasteiger partial charge >= 0.3 is 0 Å². The lowest BCUT2D eigenvalue weighted by Gasteiger charge is -2.55. The largest absolute Gasteiger partial charge is 0.440 e. The van der Waals surface area contributed by atoms with Gasteiger partial charge in [0.15, 0.2) is 5.88 Å². The van der Waals surface area contributed by atoms with E-state index in [0.717, 1.165) is 24.3 Å². The molecule has 3 nitrogen and oxygen atoms in total. The zero-order valence-corrected chi connectivity index (χ0v) is 44.9. The van der Waals surface area contributed by atoms with E-state index in [1.54, 1.807) is 5.56 Å². The number of anilines is 3. The Morgan fingerprint density at radius 1 is 0.696 bits per heavy atom. The molecule has 3 heterocycles. The molecule has 4 aromatic rings. The molecule has 4 heteroatoms. The van der Waals surface area contributed by atoms with Gasteiger partial charge < -0.3 is 9.32 Å². The van der Waals surface area contributed by atoms with Crippen LogP contribution >= 0.6 is 0 Å². The fourth-order valence-electron chi connectivity index (χ4n) is 15.0. The Morgan fingerprint density at radius 3 is 1.99 bits per heavy atom. The Balaban J connectivity index is 1.20. The van der Waals surface area contributed by atoms with Crippen molar-refractivity contribution in [3.8, 4) is 0 Å². The summed E-state index contributed by atoms with van der Waals surface area (Å²) >= 11 is 0. The predicted molar refractivity (Wildman–Crippen MR) is 295 cm³/mol. The second-order valence-electron chi connectivity index (χ2n) is 28.2. The number of fused-ring (bicyclic) bond motifs is 12. The summed E-state index contributed by atoms with van der Waals surface area (Å²) in [6.07, 6.45) is 28.3. The maximum atomic E-state index is 7.63. The van der Waals surface area contributed by atoms with Crippen molar-refractivity contribution in [1.29, 1.82) is 0 Å². The molecule has 12 rings (SSSR count). The van der Waals surface area contributed by atoms with Crippen molar-refractivity contribution in [2.24, 2.45) is 22.7 Å². The van der Waals surface area contributed by atoms with E-state index in [9.17, 15) is 0 Å². The molecular weight excluding hydrogens is 836 g/mol. The molecule has 3 aromatic carbocycles. The summed E-state index contributed by atoms with van der Waals surface area (Å²) in [5, 5.41) is 1.33.